The number of aromatic hydroxyl groups is 1. The molecule has 2 bridgehead atoms. The van der Waals surface area contributed by atoms with E-state index in [1.165, 1.54) is 18.2 Å². The largest absolute Gasteiger partial charge is 0.508 e. The van der Waals surface area contributed by atoms with Crippen molar-refractivity contribution in [1.29, 1.82) is 0 Å². The zero-order chi connectivity index (χ0) is 30.9. The van der Waals surface area contributed by atoms with E-state index in [4.69, 9.17) is 25.8 Å². The van der Waals surface area contributed by atoms with Crippen molar-refractivity contribution in [1.82, 2.24) is 20.4 Å². The predicted octanol–water partition coefficient (Wildman–Crippen LogP) is 2.14. The fraction of sp³-hybridized carbons (Fsp3) is 0.467. The molecule has 2 heterocycles. The Morgan fingerprint density at radius 2 is 1.67 bits per heavy atom. The molecule has 2 aromatic carbocycles. The summed E-state index contributed by atoms with van der Waals surface area (Å²) in [5.74, 6) is -0.351. The number of nitrogens with zero attached hydrogens (tertiary/aromatic N) is 2. The number of benzene rings is 2. The molecule has 0 unspecified atom stereocenters. The lowest BCUT2D eigenvalue weighted by Crippen LogP contribution is -2.47. The summed E-state index contributed by atoms with van der Waals surface area (Å²) in [5, 5.41) is 15.9. The lowest BCUT2D eigenvalue weighted by Gasteiger charge is -2.25. The average Bonchev–Trinajstić information content (AvgIpc) is 2.98. The van der Waals surface area contributed by atoms with Crippen LogP contribution >= 0.6 is 11.6 Å². The summed E-state index contributed by atoms with van der Waals surface area (Å²) >= 11 is 6.46. The van der Waals surface area contributed by atoms with Crippen LogP contribution in [0.2, 0.25) is 5.02 Å². The van der Waals surface area contributed by atoms with Gasteiger partial charge in [0.1, 0.15) is 30.8 Å². The first-order chi connectivity index (χ1) is 20.6. The predicted molar refractivity (Wildman–Crippen MR) is 158 cm³/mol. The maximum absolute atomic E-state index is 13.5. The molecule has 2 aromatic rings. The van der Waals surface area contributed by atoms with Gasteiger partial charge in [-0.2, -0.15) is 0 Å². The van der Waals surface area contributed by atoms with Gasteiger partial charge in [-0.25, -0.2) is 0 Å². The summed E-state index contributed by atoms with van der Waals surface area (Å²) in [5.41, 5.74) is 0.773. The summed E-state index contributed by atoms with van der Waals surface area (Å²) in [6.45, 7) is 3.57. The highest BCUT2D eigenvalue weighted by atomic mass is 35.5. The quantitative estimate of drug-likeness (QED) is 0.465. The molecule has 43 heavy (non-hydrogen) atoms. The van der Waals surface area contributed by atoms with E-state index in [0.717, 1.165) is 0 Å². The first kappa shape index (κ1) is 31.7. The molecule has 2 aliphatic rings. The first-order valence-electron chi connectivity index (χ1n) is 14.3. The SMILES string of the molecule is C[C@@H]1NC(=O)COc2cc(O)cc(c2)C(=O)NCCCN(C(=O)Cc2cc3c(cc2Cl)OCCO3)CCCCN(C)C1=O. The number of halogens is 1. The normalized spacial score (nSPS) is 19.1. The molecule has 1 atom stereocenters. The number of hydrogen-bond donors (Lipinski definition) is 3. The molecule has 0 spiro atoms. The number of likely N-dealkylation sites (N-methyl/N-ethyl adjacent to an activating group) is 1. The minimum atomic E-state index is -0.786. The van der Waals surface area contributed by atoms with Crippen molar-refractivity contribution in [3.05, 3.63) is 46.5 Å². The van der Waals surface area contributed by atoms with Gasteiger partial charge in [-0.1, -0.05) is 11.6 Å². The number of ether oxygens (including phenoxy) is 3. The number of nitrogens with one attached hydrogen (secondary N) is 2. The molecule has 4 amide bonds. The van der Waals surface area contributed by atoms with E-state index in [1.807, 2.05) is 0 Å². The second-order valence-electron chi connectivity index (χ2n) is 10.5. The van der Waals surface area contributed by atoms with Crippen molar-refractivity contribution >= 4 is 35.2 Å². The smallest absolute Gasteiger partial charge is 0.258 e. The van der Waals surface area contributed by atoms with Gasteiger partial charge >= 0.3 is 0 Å². The zero-order valence-corrected chi connectivity index (χ0v) is 25.1. The van der Waals surface area contributed by atoms with E-state index in [1.54, 1.807) is 35.9 Å². The van der Waals surface area contributed by atoms with Crippen molar-refractivity contribution in [3.8, 4) is 23.0 Å². The third kappa shape index (κ3) is 8.90. The molecule has 13 heteroatoms. The summed E-state index contributed by atoms with van der Waals surface area (Å²) in [7, 11) is 1.66. The Balaban J connectivity index is 1.47. The molecule has 0 fully saturated rings. The van der Waals surface area contributed by atoms with Crippen LogP contribution in [0.3, 0.4) is 0 Å². The number of carbonyl (C=O) groups is 4. The molecular weight excluding hydrogens is 580 g/mol. The number of phenols is 1. The summed E-state index contributed by atoms with van der Waals surface area (Å²) in [6, 6.07) is 6.59. The first-order valence-corrected chi connectivity index (χ1v) is 14.6. The van der Waals surface area contributed by atoms with Crippen LogP contribution in [-0.2, 0) is 20.8 Å². The summed E-state index contributed by atoms with van der Waals surface area (Å²) in [6.07, 6.45) is 1.80. The highest BCUT2D eigenvalue weighted by molar-refractivity contribution is 6.31. The Kier molecular flexibility index (Phi) is 10.9. The van der Waals surface area contributed by atoms with Crippen molar-refractivity contribution in [2.45, 2.75) is 38.6 Å². The highest BCUT2D eigenvalue weighted by Crippen LogP contribution is 2.35. The number of phenolic OH excluding ortho intramolecular Hbond substituents is 1. The van der Waals surface area contributed by atoms with Crippen molar-refractivity contribution in [2.75, 3.05) is 53.0 Å². The van der Waals surface area contributed by atoms with Crippen LogP contribution in [0.5, 0.6) is 23.0 Å². The average molecular weight is 617 g/mol. The van der Waals surface area contributed by atoms with E-state index in [2.05, 4.69) is 10.6 Å². The van der Waals surface area contributed by atoms with Gasteiger partial charge in [-0.05, 0) is 49.9 Å². The van der Waals surface area contributed by atoms with Crippen LogP contribution < -0.4 is 24.8 Å². The standard InChI is InChI=1S/C30H37ClN4O8/c1-19-30(40)34(2)7-3-4-8-35(28(38)15-20-14-25-26(17-24(20)31)42-11-10-41-25)9-5-6-32-29(39)21-12-22(36)16-23(13-21)43-18-27(37)33-19/h12-14,16-17,19,36H,3-11,15,18H2,1-2H3,(H,32,39)(H,33,37)/t19-/m0/s1. The highest BCUT2D eigenvalue weighted by Gasteiger charge is 2.22. The minimum Gasteiger partial charge on any atom is -0.508 e. The van der Waals surface area contributed by atoms with Crippen molar-refractivity contribution in [3.63, 3.8) is 0 Å². The fourth-order valence-corrected chi connectivity index (χ4v) is 5.06. The molecule has 232 valence electrons. The monoisotopic (exact) mass is 616 g/mol. The summed E-state index contributed by atoms with van der Waals surface area (Å²) < 4.78 is 16.7. The molecule has 0 radical (unpaired) electrons. The van der Waals surface area contributed by atoms with E-state index < -0.39 is 24.5 Å². The lowest BCUT2D eigenvalue weighted by molar-refractivity contribution is -0.135. The number of fused-ring (bicyclic) bond motifs is 3. The number of hydrogen-bond acceptors (Lipinski definition) is 8. The number of carbonyl (C=O) groups excluding carboxylic acids is 4. The van der Waals surface area contributed by atoms with Gasteiger partial charge in [0.25, 0.3) is 11.8 Å². The van der Waals surface area contributed by atoms with E-state index >= 15 is 0 Å². The minimum absolute atomic E-state index is 0.0590. The zero-order valence-electron chi connectivity index (χ0n) is 24.3. The molecule has 0 saturated heterocycles. The molecule has 12 nitrogen and oxygen atoms in total. The van der Waals surface area contributed by atoms with Crippen LogP contribution in [0.4, 0.5) is 0 Å². The van der Waals surface area contributed by atoms with Crippen LogP contribution in [0.1, 0.15) is 42.1 Å². The molecule has 2 aliphatic heterocycles. The third-order valence-corrected chi connectivity index (χ3v) is 7.47. The Hall–Kier alpha value is -4.19. The second kappa shape index (κ2) is 14.8. The topological polar surface area (TPSA) is 147 Å². The van der Waals surface area contributed by atoms with E-state index in [9.17, 15) is 24.3 Å². The molecular formula is C30H37ClN4O8. The van der Waals surface area contributed by atoms with Gasteiger partial charge in [0.2, 0.25) is 11.8 Å². The Morgan fingerprint density at radius 3 is 2.44 bits per heavy atom. The number of amides is 4. The Morgan fingerprint density at radius 1 is 0.977 bits per heavy atom. The fourth-order valence-electron chi connectivity index (χ4n) is 4.84. The molecule has 0 aliphatic carbocycles. The Bertz CT molecular complexity index is 1350. The van der Waals surface area contributed by atoms with Gasteiger partial charge in [0.15, 0.2) is 18.1 Å². The van der Waals surface area contributed by atoms with Crippen LogP contribution in [0, 0.1) is 0 Å². The molecule has 0 saturated carbocycles. The summed E-state index contributed by atoms with van der Waals surface area (Å²) in [4.78, 5) is 54.7. The Labute approximate surface area is 255 Å². The van der Waals surface area contributed by atoms with Gasteiger partial charge in [0.05, 0.1) is 6.42 Å². The van der Waals surface area contributed by atoms with Crippen molar-refractivity contribution in [2.24, 2.45) is 0 Å². The van der Waals surface area contributed by atoms with Crippen LogP contribution in [0.25, 0.3) is 0 Å². The maximum atomic E-state index is 13.5. The molecule has 3 N–H and O–H groups in total. The second-order valence-corrected chi connectivity index (χ2v) is 10.9. The maximum Gasteiger partial charge on any atom is 0.258 e. The van der Waals surface area contributed by atoms with E-state index in [0.29, 0.717) is 74.2 Å². The number of rotatable bonds is 2. The van der Waals surface area contributed by atoms with Gasteiger partial charge in [-0.3, -0.25) is 19.2 Å². The van der Waals surface area contributed by atoms with Crippen molar-refractivity contribution < 1.29 is 38.5 Å². The van der Waals surface area contributed by atoms with Gasteiger partial charge in [-0.15, -0.1) is 0 Å². The molecule has 4 rings (SSSR count). The lowest BCUT2D eigenvalue weighted by atomic mass is 10.1. The van der Waals surface area contributed by atoms with Gasteiger partial charge < -0.3 is 39.8 Å². The molecule has 0 aromatic heterocycles. The van der Waals surface area contributed by atoms with E-state index in [-0.39, 0.29) is 41.8 Å². The van der Waals surface area contributed by atoms with Crippen LogP contribution in [0.15, 0.2) is 30.3 Å². The van der Waals surface area contributed by atoms with Gasteiger partial charge in [0, 0.05) is 55.9 Å². The van der Waals surface area contributed by atoms with Crippen LogP contribution in [-0.4, -0.2) is 97.6 Å². The third-order valence-electron chi connectivity index (χ3n) is 7.12.